The van der Waals surface area contributed by atoms with Gasteiger partial charge in [0.15, 0.2) is 5.60 Å². The number of rotatable bonds is 3. The van der Waals surface area contributed by atoms with E-state index in [1.807, 2.05) is 0 Å². The maximum Gasteiger partial charge on any atom is 0.457 e. The second-order valence-electron chi connectivity index (χ2n) is 5.37. The summed E-state index contributed by atoms with van der Waals surface area (Å²) in [6.07, 6.45) is -11.2. The second kappa shape index (κ2) is 6.38. The predicted octanol–water partition coefficient (Wildman–Crippen LogP) is 5.79. The van der Waals surface area contributed by atoms with Gasteiger partial charge in [-0.2, -0.15) is 35.1 Å². The number of hydrogen-bond donors (Lipinski definition) is 1. The van der Waals surface area contributed by atoms with Gasteiger partial charge in [-0.05, 0) is 35.4 Å². The molecule has 0 spiro atoms. The molecule has 0 radical (unpaired) electrons. The molecule has 0 aliphatic rings. The van der Waals surface area contributed by atoms with Crippen LogP contribution < -0.4 is 0 Å². The minimum absolute atomic E-state index is 0.0320. The van der Waals surface area contributed by atoms with Crippen LogP contribution in [0.15, 0.2) is 48.5 Å². The van der Waals surface area contributed by atoms with Crippen LogP contribution in [0.1, 0.15) is 16.7 Å². The Morgan fingerprint density at radius 3 is 1.65 bits per heavy atom. The first-order valence-corrected chi connectivity index (χ1v) is 7.20. The summed E-state index contributed by atoms with van der Waals surface area (Å²) in [7, 11) is 0. The number of benzene rings is 2. The van der Waals surface area contributed by atoms with E-state index in [4.69, 9.17) is 11.6 Å². The van der Waals surface area contributed by atoms with Gasteiger partial charge >= 0.3 is 18.3 Å². The Hall–Kier alpha value is -1.87. The van der Waals surface area contributed by atoms with Crippen molar-refractivity contribution in [3.05, 3.63) is 70.2 Å². The van der Waals surface area contributed by atoms with Gasteiger partial charge in [-0.25, -0.2) is 0 Å². The van der Waals surface area contributed by atoms with Crippen molar-refractivity contribution in [1.82, 2.24) is 0 Å². The average molecular weight is 405 g/mol. The molecule has 10 heteroatoms. The summed E-state index contributed by atoms with van der Waals surface area (Å²) in [5.41, 5.74) is -7.82. The molecule has 142 valence electrons. The van der Waals surface area contributed by atoms with Gasteiger partial charge in [0.25, 0.3) is 0 Å². The lowest BCUT2D eigenvalue weighted by molar-refractivity contribution is -0.336. The molecular weight excluding hydrogens is 396 g/mol. The summed E-state index contributed by atoms with van der Waals surface area (Å²) >= 11 is 5.56. The predicted molar refractivity (Wildman–Crippen MR) is 76.9 cm³/mol. The SMILES string of the molecule is OC(c1ccc(Cl)cc1)(c1cccc(C(F)(F)F)c1)C(F)(F)C(F)(F)F. The monoisotopic (exact) mass is 404 g/mol. The summed E-state index contributed by atoms with van der Waals surface area (Å²) in [5.74, 6) is -5.79. The fraction of sp³-hybridized carbons (Fsp3) is 0.250. The van der Waals surface area contributed by atoms with Crippen LogP contribution in [0.5, 0.6) is 0 Å². The molecule has 0 heterocycles. The summed E-state index contributed by atoms with van der Waals surface area (Å²) in [6, 6.07) is 4.95. The Bertz CT molecular complexity index is 782. The quantitative estimate of drug-likeness (QED) is 0.642. The highest BCUT2D eigenvalue weighted by Crippen LogP contribution is 2.52. The Morgan fingerprint density at radius 2 is 1.19 bits per heavy atom. The zero-order valence-electron chi connectivity index (χ0n) is 12.5. The fourth-order valence-electron chi connectivity index (χ4n) is 2.35. The topological polar surface area (TPSA) is 20.2 Å². The summed E-state index contributed by atoms with van der Waals surface area (Å²) in [4.78, 5) is 0. The fourth-order valence-corrected chi connectivity index (χ4v) is 2.47. The van der Waals surface area contributed by atoms with E-state index >= 15 is 0 Å². The molecule has 26 heavy (non-hydrogen) atoms. The van der Waals surface area contributed by atoms with Gasteiger partial charge in [-0.3, -0.25) is 0 Å². The molecule has 0 aliphatic carbocycles. The Kier molecular flexibility index (Phi) is 5.02. The van der Waals surface area contributed by atoms with Crippen LogP contribution in [0.2, 0.25) is 5.02 Å². The molecule has 0 amide bonds. The summed E-state index contributed by atoms with van der Waals surface area (Å²) < 4.78 is 106. The third-order valence-electron chi connectivity index (χ3n) is 3.68. The first kappa shape index (κ1) is 20.4. The Balaban J connectivity index is 2.80. The van der Waals surface area contributed by atoms with Gasteiger partial charge in [0.1, 0.15) is 0 Å². The number of alkyl halides is 8. The lowest BCUT2D eigenvalue weighted by Gasteiger charge is -2.37. The minimum atomic E-state index is -6.24. The van der Waals surface area contributed by atoms with Gasteiger partial charge < -0.3 is 5.11 Å². The average Bonchev–Trinajstić information content (AvgIpc) is 2.53. The van der Waals surface area contributed by atoms with Crippen LogP contribution in [0.4, 0.5) is 35.1 Å². The van der Waals surface area contributed by atoms with Gasteiger partial charge in [0, 0.05) is 5.02 Å². The van der Waals surface area contributed by atoms with E-state index in [9.17, 15) is 40.2 Å². The molecule has 1 atom stereocenters. The molecule has 2 rings (SSSR count). The van der Waals surface area contributed by atoms with Crippen LogP contribution >= 0.6 is 11.6 Å². The van der Waals surface area contributed by atoms with Crippen molar-refractivity contribution >= 4 is 11.6 Å². The highest BCUT2D eigenvalue weighted by atomic mass is 35.5. The third-order valence-corrected chi connectivity index (χ3v) is 3.93. The van der Waals surface area contributed by atoms with Gasteiger partial charge in [0.2, 0.25) is 0 Å². The zero-order valence-corrected chi connectivity index (χ0v) is 13.2. The maximum atomic E-state index is 14.2. The van der Waals surface area contributed by atoms with Crippen LogP contribution in [0.3, 0.4) is 0 Å². The summed E-state index contributed by atoms with van der Waals surface area (Å²) in [5, 5.41) is 10.4. The van der Waals surface area contributed by atoms with Gasteiger partial charge in [-0.15, -0.1) is 0 Å². The number of hydrogen-bond acceptors (Lipinski definition) is 1. The molecule has 0 aliphatic heterocycles. The van der Waals surface area contributed by atoms with Crippen molar-refractivity contribution in [2.45, 2.75) is 23.9 Å². The van der Waals surface area contributed by atoms with Crippen LogP contribution in [-0.4, -0.2) is 17.2 Å². The van der Waals surface area contributed by atoms with Gasteiger partial charge in [0.05, 0.1) is 5.56 Å². The first-order chi connectivity index (χ1) is 11.7. The number of aliphatic hydroxyl groups is 1. The van der Waals surface area contributed by atoms with Crippen LogP contribution in [0, 0.1) is 0 Å². The van der Waals surface area contributed by atoms with Crippen LogP contribution in [0.25, 0.3) is 0 Å². The smallest absolute Gasteiger partial charge is 0.374 e. The van der Waals surface area contributed by atoms with E-state index in [2.05, 4.69) is 0 Å². The van der Waals surface area contributed by atoms with Gasteiger partial charge in [-0.1, -0.05) is 35.9 Å². The lowest BCUT2D eigenvalue weighted by Crippen LogP contribution is -2.55. The van der Waals surface area contributed by atoms with Crippen molar-refractivity contribution in [2.75, 3.05) is 0 Å². The molecule has 1 unspecified atom stereocenters. The van der Waals surface area contributed by atoms with E-state index in [0.717, 1.165) is 12.1 Å². The lowest BCUT2D eigenvalue weighted by atomic mass is 9.80. The molecule has 2 aromatic carbocycles. The highest BCUT2D eigenvalue weighted by molar-refractivity contribution is 6.30. The molecule has 0 bridgehead atoms. The second-order valence-corrected chi connectivity index (χ2v) is 5.80. The van der Waals surface area contributed by atoms with E-state index in [0.29, 0.717) is 30.3 Å². The van der Waals surface area contributed by atoms with Crippen molar-refractivity contribution in [3.8, 4) is 0 Å². The van der Waals surface area contributed by atoms with E-state index < -0.39 is 40.6 Å². The molecule has 2 aromatic rings. The van der Waals surface area contributed by atoms with Crippen molar-refractivity contribution in [3.63, 3.8) is 0 Å². The maximum absolute atomic E-state index is 14.2. The normalized spacial score (nSPS) is 15.6. The van der Waals surface area contributed by atoms with Crippen molar-refractivity contribution in [1.29, 1.82) is 0 Å². The van der Waals surface area contributed by atoms with E-state index in [-0.39, 0.29) is 11.1 Å². The zero-order chi connectivity index (χ0) is 20.0. The standard InChI is InChI=1S/C16H9ClF8O/c17-12-6-4-9(5-7-12)13(26,15(21,22)16(23,24)25)10-2-1-3-11(8-10)14(18,19)20/h1-8,26H. The molecule has 0 saturated carbocycles. The summed E-state index contributed by atoms with van der Waals surface area (Å²) in [6.45, 7) is 0. The third kappa shape index (κ3) is 3.37. The van der Waals surface area contributed by atoms with Crippen LogP contribution in [-0.2, 0) is 11.8 Å². The molecule has 0 aromatic heterocycles. The minimum Gasteiger partial charge on any atom is -0.374 e. The molecular formula is C16H9ClF8O. The molecule has 0 fully saturated rings. The molecule has 1 nitrogen and oxygen atoms in total. The largest absolute Gasteiger partial charge is 0.457 e. The van der Waals surface area contributed by atoms with Crippen molar-refractivity contribution in [2.24, 2.45) is 0 Å². The molecule has 0 saturated heterocycles. The van der Waals surface area contributed by atoms with E-state index in [1.165, 1.54) is 0 Å². The number of halogens is 9. The highest BCUT2D eigenvalue weighted by Gasteiger charge is 2.71. The van der Waals surface area contributed by atoms with Crippen molar-refractivity contribution < 1.29 is 40.2 Å². The Labute approximate surface area is 146 Å². The van der Waals surface area contributed by atoms with E-state index in [1.54, 1.807) is 0 Å². The Morgan fingerprint density at radius 1 is 0.692 bits per heavy atom. The molecule has 1 N–H and O–H groups in total. The first-order valence-electron chi connectivity index (χ1n) is 6.82.